The van der Waals surface area contributed by atoms with Crippen molar-refractivity contribution in [2.75, 3.05) is 6.61 Å². The summed E-state index contributed by atoms with van der Waals surface area (Å²) < 4.78 is 5.25. The number of aromatic nitrogens is 1. The number of ether oxygens (including phenoxy) is 1. The lowest BCUT2D eigenvalue weighted by Crippen LogP contribution is -2.44. The van der Waals surface area contributed by atoms with Crippen LogP contribution in [0.1, 0.15) is 48.8 Å². The molecule has 1 atom stereocenters. The van der Waals surface area contributed by atoms with Gasteiger partial charge in [0.1, 0.15) is 0 Å². The molecule has 1 heterocycles. The van der Waals surface area contributed by atoms with Gasteiger partial charge < -0.3 is 10.1 Å². The van der Waals surface area contributed by atoms with E-state index < -0.39 is 24.5 Å². The summed E-state index contributed by atoms with van der Waals surface area (Å²) in [6.07, 6.45) is 2.60. The molecule has 0 saturated heterocycles. The second-order valence-corrected chi connectivity index (χ2v) is 7.53. The van der Waals surface area contributed by atoms with Crippen LogP contribution in [0.15, 0.2) is 24.3 Å². The number of imide groups is 1. The van der Waals surface area contributed by atoms with Gasteiger partial charge in [0.25, 0.3) is 5.91 Å². The second-order valence-electron chi connectivity index (χ2n) is 7.53. The molecule has 0 bridgehead atoms. The van der Waals surface area contributed by atoms with E-state index in [-0.39, 0.29) is 6.04 Å². The van der Waals surface area contributed by atoms with E-state index in [2.05, 4.69) is 17.6 Å². The standard InChI is InChI=1S/C21H25N3O4/c1-12(2)22-21(27)24-18(25)11-28-20(26)19-14-6-4-5-7-16(14)23-17-9-8-13(3)10-15(17)19/h4-7,12-13H,8-11H2,1-3H3,(H2,22,24,25,27)/t13-/m0/s1. The van der Waals surface area contributed by atoms with E-state index in [1.807, 2.05) is 24.3 Å². The zero-order valence-electron chi connectivity index (χ0n) is 16.4. The highest BCUT2D eigenvalue weighted by atomic mass is 16.5. The summed E-state index contributed by atoms with van der Waals surface area (Å²) in [7, 11) is 0. The molecule has 3 rings (SSSR count). The van der Waals surface area contributed by atoms with Gasteiger partial charge in [0.05, 0.1) is 11.1 Å². The van der Waals surface area contributed by atoms with Crippen LogP contribution in [0.2, 0.25) is 0 Å². The molecule has 0 radical (unpaired) electrons. The van der Waals surface area contributed by atoms with Crippen LogP contribution in [-0.2, 0) is 22.4 Å². The van der Waals surface area contributed by atoms with E-state index in [0.717, 1.165) is 41.4 Å². The Morgan fingerprint density at radius 2 is 2.00 bits per heavy atom. The molecule has 1 aromatic carbocycles. The first-order valence-electron chi connectivity index (χ1n) is 9.53. The summed E-state index contributed by atoms with van der Waals surface area (Å²) >= 11 is 0. The second kappa shape index (κ2) is 8.37. The molecule has 0 fully saturated rings. The smallest absolute Gasteiger partial charge is 0.339 e. The van der Waals surface area contributed by atoms with Crippen molar-refractivity contribution in [3.05, 3.63) is 41.1 Å². The van der Waals surface area contributed by atoms with Gasteiger partial charge in [-0.15, -0.1) is 0 Å². The number of hydrogen-bond donors (Lipinski definition) is 2. The molecule has 0 saturated carbocycles. The summed E-state index contributed by atoms with van der Waals surface area (Å²) in [5.41, 5.74) is 3.04. The minimum Gasteiger partial charge on any atom is -0.452 e. The summed E-state index contributed by atoms with van der Waals surface area (Å²) in [5, 5.41) is 5.41. The van der Waals surface area contributed by atoms with Crippen LogP contribution >= 0.6 is 0 Å². The number of aryl methyl sites for hydroxylation is 1. The lowest BCUT2D eigenvalue weighted by atomic mass is 9.84. The van der Waals surface area contributed by atoms with Crippen LogP contribution in [0.4, 0.5) is 4.79 Å². The number of urea groups is 1. The average molecular weight is 383 g/mol. The quantitative estimate of drug-likeness (QED) is 0.791. The highest BCUT2D eigenvalue weighted by Gasteiger charge is 2.26. The molecule has 7 nitrogen and oxygen atoms in total. The number of hydrogen-bond acceptors (Lipinski definition) is 5. The van der Waals surface area contributed by atoms with E-state index in [4.69, 9.17) is 9.72 Å². The first-order chi connectivity index (χ1) is 13.3. The van der Waals surface area contributed by atoms with Crippen molar-refractivity contribution in [1.29, 1.82) is 0 Å². The number of nitrogens with zero attached hydrogens (tertiary/aromatic N) is 1. The third-order valence-corrected chi connectivity index (χ3v) is 4.72. The number of amides is 3. The molecule has 7 heteroatoms. The molecule has 1 aliphatic carbocycles. The predicted molar refractivity (Wildman–Crippen MR) is 105 cm³/mol. The molecule has 0 unspecified atom stereocenters. The lowest BCUT2D eigenvalue weighted by molar-refractivity contribution is -0.123. The van der Waals surface area contributed by atoms with Gasteiger partial charge in [-0.2, -0.15) is 0 Å². The van der Waals surface area contributed by atoms with Crippen LogP contribution in [0.5, 0.6) is 0 Å². The molecular formula is C21H25N3O4. The number of esters is 1. The molecule has 1 aliphatic rings. The van der Waals surface area contributed by atoms with E-state index in [1.165, 1.54) is 0 Å². The molecule has 148 valence electrons. The highest BCUT2D eigenvalue weighted by molar-refractivity contribution is 6.06. The molecule has 3 amide bonds. The number of pyridine rings is 1. The number of fused-ring (bicyclic) bond motifs is 2. The number of benzene rings is 1. The maximum Gasteiger partial charge on any atom is 0.339 e. The largest absolute Gasteiger partial charge is 0.452 e. The fourth-order valence-electron chi connectivity index (χ4n) is 3.46. The van der Waals surface area contributed by atoms with E-state index in [1.54, 1.807) is 13.8 Å². The maximum absolute atomic E-state index is 12.9. The van der Waals surface area contributed by atoms with Crippen molar-refractivity contribution in [3.63, 3.8) is 0 Å². The summed E-state index contributed by atoms with van der Waals surface area (Å²) in [6.45, 7) is 5.19. The Morgan fingerprint density at radius 3 is 2.75 bits per heavy atom. The first-order valence-corrected chi connectivity index (χ1v) is 9.53. The van der Waals surface area contributed by atoms with Crippen molar-refractivity contribution < 1.29 is 19.1 Å². The van der Waals surface area contributed by atoms with Crippen molar-refractivity contribution >= 4 is 28.8 Å². The molecular weight excluding hydrogens is 358 g/mol. The highest BCUT2D eigenvalue weighted by Crippen LogP contribution is 2.31. The molecule has 2 aromatic rings. The minimum absolute atomic E-state index is 0.105. The monoisotopic (exact) mass is 383 g/mol. The van der Waals surface area contributed by atoms with E-state index in [9.17, 15) is 14.4 Å². The molecule has 2 N–H and O–H groups in total. The van der Waals surface area contributed by atoms with Gasteiger partial charge in [-0.25, -0.2) is 9.59 Å². The Morgan fingerprint density at radius 1 is 1.25 bits per heavy atom. The molecule has 1 aromatic heterocycles. The lowest BCUT2D eigenvalue weighted by Gasteiger charge is -2.24. The molecule has 0 aliphatic heterocycles. The van der Waals surface area contributed by atoms with Crippen LogP contribution in [-0.4, -0.2) is 35.5 Å². The van der Waals surface area contributed by atoms with Gasteiger partial charge in [0, 0.05) is 17.1 Å². The Hall–Kier alpha value is -2.96. The van der Waals surface area contributed by atoms with Gasteiger partial charge in [0.2, 0.25) is 0 Å². The van der Waals surface area contributed by atoms with Crippen LogP contribution < -0.4 is 10.6 Å². The van der Waals surface area contributed by atoms with E-state index >= 15 is 0 Å². The van der Waals surface area contributed by atoms with Crippen molar-refractivity contribution in [2.45, 2.75) is 46.1 Å². The Bertz CT molecular complexity index is 923. The predicted octanol–water partition coefficient (Wildman–Crippen LogP) is 2.75. The van der Waals surface area contributed by atoms with Gasteiger partial charge in [-0.3, -0.25) is 15.1 Å². The van der Waals surface area contributed by atoms with Crippen LogP contribution in [0.25, 0.3) is 10.9 Å². The number of para-hydroxylation sites is 1. The van der Waals surface area contributed by atoms with Gasteiger partial charge in [0.15, 0.2) is 6.61 Å². The van der Waals surface area contributed by atoms with Crippen molar-refractivity contribution in [2.24, 2.45) is 5.92 Å². The first kappa shape index (κ1) is 19.8. The number of nitrogens with one attached hydrogen (secondary N) is 2. The zero-order valence-corrected chi connectivity index (χ0v) is 16.4. The fraction of sp³-hybridized carbons (Fsp3) is 0.429. The molecule has 28 heavy (non-hydrogen) atoms. The summed E-state index contributed by atoms with van der Waals surface area (Å²) in [5.74, 6) is -0.791. The Balaban J connectivity index is 1.80. The average Bonchev–Trinajstić information content (AvgIpc) is 2.63. The fourth-order valence-corrected chi connectivity index (χ4v) is 3.46. The number of carbonyl (C=O) groups excluding carboxylic acids is 3. The summed E-state index contributed by atoms with van der Waals surface area (Å²) in [6, 6.07) is 6.72. The summed E-state index contributed by atoms with van der Waals surface area (Å²) in [4.78, 5) is 41.1. The van der Waals surface area contributed by atoms with Crippen LogP contribution in [0.3, 0.4) is 0 Å². The topological polar surface area (TPSA) is 97.4 Å². The SMILES string of the molecule is CC(C)NC(=O)NC(=O)COC(=O)c1c2c(nc3ccccc13)CC[C@H](C)C2. The Kier molecular flexibility index (Phi) is 5.92. The number of carbonyl (C=O) groups is 3. The molecule has 0 spiro atoms. The normalized spacial score (nSPS) is 15.8. The van der Waals surface area contributed by atoms with Crippen LogP contribution in [0, 0.1) is 5.92 Å². The van der Waals surface area contributed by atoms with E-state index in [0.29, 0.717) is 11.5 Å². The third-order valence-electron chi connectivity index (χ3n) is 4.72. The number of rotatable bonds is 4. The van der Waals surface area contributed by atoms with Gasteiger partial charge in [-0.05, 0) is 50.7 Å². The van der Waals surface area contributed by atoms with Crippen molar-refractivity contribution in [3.8, 4) is 0 Å². The van der Waals surface area contributed by atoms with Gasteiger partial charge >= 0.3 is 12.0 Å². The third kappa shape index (κ3) is 4.47. The van der Waals surface area contributed by atoms with Gasteiger partial charge in [-0.1, -0.05) is 25.1 Å². The maximum atomic E-state index is 12.9. The van der Waals surface area contributed by atoms with Crippen molar-refractivity contribution in [1.82, 2.24) is 15.6 Å². The zero-order chi connectivity index (χ0) is 20.3. The minimum atomic E-state index is -0.674. The Labute approximate surface area is 163 Å².